The number of aromatic nitrogens is 2. The van der Waals surface area contributed by atoms with E-state index in [1.165, 1.54) is 30.1 Å². The number of nitrogens with zero attached hydrogens (tertiary/aromatic N) is 2. The first-order valence-corrected chi connectivity index (χ1v) is 8.03. The summed E-state index contributed by atoms with van der Waals surface area (Å²) in [4.78, 5) is 4.59. The summed E-state index contributed by atoms with van der Waals surface area (Å²) in [5.74, 6) is 1.67. The Morgan fingerprint density at radius 1 is 1.39 bits per heavy atom. The fourth-order valence-corrected chi connectivity index (χ4v) is 3.20. The summed E-state index contributed by atoms with van der Waals surface area (Å²) in [6.07, 6.45) is 7.89. The van der Waals surface area contributed by atoms with Gasteiger partial charge in [0.1, 0.15) is 0 Å². The molecule has 0 spiro atoms. The van der Waals surface area contributed by atoms with Crippen LogP contribution in [0.25, 0.3) is 0 Å². The SMILES string of the molecule is CC(C)c1cnc(SCCCCCO)n1C1CC1. The van der Waals surface area contributed by atoms with Crippen LogP contribution < -0.4 is 0 Å². The Morgan fingerprint density at radius 2 is 2.17 bits per heavy atom. The lowest BCUT2D eigenvalue weighted by atomic mass is 10.1. The molecule has 4 heteroatoms. The molecule has 102 valence electrons. The van der Waals surface area contributed by atoms with E-state index in [1.807, 2.05) is 11.8 Å². The van der Waals surface area contributed by atoms with Crippen molar-refractivity contribution >= 4 is 11.8 Å². The predicted octanol–water partition coefficient (Wildman–Crippen LogP) is 3.60. The molecule has 1 aliphatic carbocycles. The van der Waals surface area contributed by atoms with Gasteiger partial charge in [-0.15, -0.1) is 0 Å². The minimum absolute atomic E-state index is 0.318. The van der Waals surface area contributed by atoms with Crippen LogP contribution in [0.4, 0.5) is 0 Å². The van der Waals surface area contributed by atoms with E-state index in [0.29, 0.717) is 18.6 Å². The minimum Gasteiger partial charge on any atom is -0.396 e. The topological polar surface area (TPSA) is 38.1 Å². The number of aliphatic hydroxyl groups excluding tert-OH is 1. The maximum absolute atomic E-state index is 8.75. The molecule has 2 rings (SSSR count). The van der Waals surface area contributed by atoms with Gasteiger partial charge in [-0.1, -0.05) is 32.0 Å². The zero-order valence-electron chi connectivity index (χ0n) is 11.4. The van der Waals surface area contributed by atoms with Gasteiger partial charge in [-0.05, 0) is 31.6 Å². The molecule has 1 aromatic rings. The van der Waals surface area contributed by atoms with E-state index in [1.54, 1.807) is 0 Å². The van der Waals surface area contributed by atoms with Crippen molar-refractivity contribution in [2.75, 3.05) is 12.4 Å². The van der Waals surface area contributed by atoms with Crippen molar-refractivity contribution in [2.24, 2.45) is 0 Å². The zero-order chi connectivity index (χ0) is 13.0. The maximum atomic E-state index is 8.75. The quantitative estimate of drug-likeness (QED) is 0.578. The minimum atomic E-state index is 0.318. The van der Waals surface area contributed by atoms with Crippen molar-refractivity contribution in [3.8, 4) is 0 Å². The molecule has 3 nitrogen and oxygen atoms in total. The summed E-state index contributed by atoms with van der Waals surface area (Å²) in [7, 11) is 0. The lowest BCUT2D eigenvalue weighted by Gasteiger charge is -2.12. The summed E-state index contributed by atoms with van der Waals surface area (Å²) < 4.78 is 2.46. The highest BCUT2D eigenvalue weighted by atomic mass is 32.2. The Balaban J connectivity index is 1.91. The number of rotatable bonds is 8. The molecule has 18 heavy (non-hydrogen) atoms. The van der Waals surface area contributed by atoms with Gasteiger partial charge in [0.25, 0.3) is 0 Å². The smallest absolute Gasteiger partial charge is 0.168 e. The first kappa shape index (κ1) is 13.9. The summed E-state index contributed by atoms with van der Waals surface area (Å²) >= 11 is 1.87. The van der Waals surface area contributed by atoms with E-state index >= 15 is 0 Å². The van der Waals surface area contributed by atoms with Crippen LogP contribution in [0.5, 0.6) is 0 Å². The Morgan fingerprint density at radius 3 is 2.78 bits per heavy atom. The molecule has 1 aliphatic rings. The number of hydrogen-bond acceptors (Lipinski definition) is 3. The van der Waals surface area contributed by atoms with Gasteiger partial charge >= 0.3 is 0 Å². The molecule has 0 saturated heterocycles. The largest absolute Gasteiger partial charge is 0.396 e. The molecule has 1 fully saturated rings. The third kappa shape index (κ3) is 3.51. The summed E-state index contributed by atoms with van der Waals surface area (Å²) in [5, 5.41) is 9.95. The molecular weight excluding hydrogens is 244 g/mol. The van der Waals surface area contributed by atoms with E-state index in [4.69, 9.17) is 5.11 Å². The van der Waals surface area contributed by atoms with Crippen molar-refractivity contribution in [1.29, 1.82) is 0 Å². The number of imidazole rings is 1. The lowest BCUT2D eigenvalue weighted by molar-refractivity contribution is 0.284. The molecular formula is C14H24N2OS. The number of unbranched alkanes of at least 4 members (excludes halogenated alkanes) is 2. The van der Waals surface area contributed by atoms with Crippen molar-refractivity contribution in [1.82, 2.24) is 9.55 Å². The highest BCUT2D eigenvalue weighted by Gasteiger charge is 2.29. The normalized spacial score (nSPS) is 15.6. The van der Waals surface area contributed by atoms with Gasteiger partial charge in [-0.2, -0.15) is 0 Å². The molecule has 1 saturated carbocycles. The third-order valence-electron chi connectivity index (χ3n) is 3.33. The lowest BCUT2D eigenvalue weighted by Crippen LogP contribution is -2.03. The monoisotopic (exact) mass is 268 g/mol. The van der Waals surface area contributed by atoms with Crippen LogP contribution in [0.2, 0.25) is 0 Å². The summed E-state index contributed by atoms with van der Waals surface area (Å²) in [6, 6.07) is 0.713. The number of hydrogen-bond donors (Lipinski definition) is 1. The molecule has 0 radical (unpaired) electrons. The zero-order valence-corrected chi connectivity index (χ0v) is 12.2. The molecule has 1 heterocycles. The van der Waals surface area contributed by atoms with Gasteiger partial charge in [0, 0.05) is 30.3 Å². The summed E-state index contributed by atoms with van der Waals surface area (Å²) in [6.45, 7) is 4.80. The van der Waals surface area contributed by atoms with Gasteiger partial charge in [0.2, 0.25) is 0 Å². The standard InChI is InChI=1S/C14H24N2OS/c1-11(2)13-10-15-14(16(13)12-6-7-12)18-9-5-3-4-8-17/h10-12,17H,3-9H2,1-2H3. The van der Waals surface area contributed by atoms with Gasteiger partial charge in [0.05, 0.1) is 0 Å². The van der Waals surface area contributed by atoms with Crippen LogP contribution >= 0.6 is 11.8 Å². The highest BCUT2D eigenvalue weighted by Crippen LogP contribution is 2.40. The molecule has 1 N–H and O–H groups in total. The second-order valence-electron chi connectivity index (χ2n) is 5.35. The number of thioether (sulfide) groups is 1. The van der Waals surface area contributed by atoms with Crippen LogP contribution in [0.3, 0.4) is 0 Å². The van der Waals surface area contributed by atoms with Crippen LogP contribution in [0.1, 0.15) is 63.6 Å². The maximum Gasteiger partial charge on any atom is 0.168 e. The van der Waals surface area contributed by atoms with Crippen molar-refractivity contribution < 1.29 is 5.11 Å². The molecule has 0 aromatic carbocycles. The Kier molecular flexibility index (Phi) is 5.13. The second kappa shape index (κ2) is 6.62. The Bertz CT molecular complexity index is 372. The van der Waals surface area contributed by atoms with Crippen molar-refractivity contribution in [2.45, 2.75) is 63.1 Å². The van der Waals surface area contributed by atoms with Crippen molar-refractivity contribution in [3.05, 3.63) is 11.9 Å². The fourth-order valence-electron chi connectivity index (χ4n) is 2.14. The third-order valence-corrected chi connectivity index (χ3v) is 4.38. The Labute approximate surface area is 114 Å². The highest BCUT2D eigenvalue weighted by molar-refractivity contribution is 7.99. The van der Waals surface area contributed by atoms with Crippen molar-refractivity contribution in [3.63, 3.8) is 0 Å². The molecule has 0 unspecified atom stereocenters. The summed E-state index contributed by atoms with van der Waals surface area (Å²) in [5.41, 5.74) is 1.38. The van der Waals surface area contributed by atoms with Crippen LogP contribution in [0, 0.1) is 0 Å². The van der Waals surface area contributed by atoms with E-state index in [-0.39, 0.29) is 0 Å². The first-order chi connectivity index (χ1) is 8.74. The van der Waals surface area contributed by atoms with Crippen LogP contribution in [0.15, 0.2) is 11.4 Å². The Hall–Kier alpha value is -0.480. The molecule has 0 amide bonds. The second-order valence-corrected chi connectivity index (χ2v) is 6.42. The average molecular weight is 268 g/mol. The van der Waals surface area contributed by atoms with Gasteiger partial charge in [0.15, 0.2) is 5.16 Å². The van der Waals surface area contributed by atoms with E-state index in [0.717, 1.165) is 18.6 Å². The molecule has 1 aromatic heterocycles. The first-order valence-electron chi connectivity index (χ1n) is 7.04. The van der Waals surface area contributed by atoms with Gasteiger partial charge < -0.3 is 9.67 Å². The van der Waals surface area contributed by atoms with E-state index in [2.05, 4.69) is 29.6 Å². The van der Waals surface area contributed by atoms with Gasteiger partial charge in [-0.25, -0.2) is 4.98 Å². The molecule has 0 bridgehead atoms. The predicted molar refractivity (Wildman–Crippen MR) is 76.2 cm³/mol. The average Bonchev–Trinajstić information content (AvgIpc) is 3.09. The van der Waals surface area contributed by atoms with E-state index < -0.39 is 0 Å². The van der Waals surface area contributed by atoms with Gasteiger partial charge in [-0.3, -0.25) is 0 Å². The fraction of sp³-hybridized carbons (Fsp3) is 0.786. The van der Waals surface area contributed by atoms with Crippen LogP contribution in [-0.2, 0) is 0 Å². The number of aliphatic hydroxyl groups is 1. The van der Waals surface area contributed by atoms with E-state index in [9.17, 15) is 0 Å². The molecule has 0 aliphatic heterocycles. The molecule has 0 atom stereocenters. The van der Waals surface area contributed by atoms with Crippen LogP contribution in [-0.4, -0.2) is 27.0 Å².